The fourth-order valence-corrected chi connectivity index (χ4v) is 3.43. The maximum absolute atomic E-state index is 13.1. The van der Waals surface area contributed by atoms with Gasteiger partial charge in [-0.25, -0.2) is 0 Å². The molecule has 0 spiro atoms. The van der Waals surface area contributed by atoms with Crippen molar-refractivity contribution in [3.8, 4) is 0 Å². The first kappa shape index (κ1) is 17.7. The molecule has 4 heteroatoms. The van der Waals surface area contributed by atoms with E-state index in [4.69, 9.17) is 11.6 Å². The van der Waals surface area contributed by atoms with Crippen molar-refractivity contribution in [2.24, 2.45) is 0 Å². The van der Waals surface area contributed by atoms with Crippen LogP contribution in [-0.4, -0.2) is 29.7 Å². The van der Waals surface area contributed by atoms with Crippen molar-refractivity contribution < 1.29 is 9.59 Å². The molecule has 130 valence electrons. The van der Waals surface area contributed by atoms with Crippen LogP contribution in [0.25, 0.3) is 0 Å². The van der Waals surface area contributed by atoms with E-state index < -0.39 is 5.92 Å². The highest BCUT2D eigenvalue weighted by atomic mass is 35.5. The Kier molecular flexibility index (Phi) is 5.87. The Morgan fingerprint density at radius 2 is 1.56 bits per heavy atom. The summed E-state index contributed by atoms with van der Waals surface area (Å²) in [6.45, 7) is 1.56. The maximum atomic E-state index is 13.1. The molecule has 25 heavy (non-hydrogen) atoms. The molecule has 1 amide bonds. The van der Waals surface area contributed by atoms with Gasteiger partial charge in [-0.2, -0.15) is 0 Å². The molecule has 0 saturated carbocycles. The third kappa shape index (κ3) is 4.49. The van der Waals surface area contributed by atoms with Gasteiger partial charge in [-0.3, -0.25) is 9.59 Å². The van der Waals surface area contributed by atoms with E-state index in [1.807, 2.05) is 35.2 Å². The van der Waals surface area contributed by atoms with Crippen molar-refractivity contribution in [3.05, 3.63) is 70.7 Å². The van der Waals surface area contributed by atoms with Gasteiger partial charge in [0.1, 0.15) is 0 Å². The number of Topliss-reactive ketones (excluding diaryl/α,β-unsaturated/α-hetero) is 1. The molecule has 1 aliphatic rings. The van der Waals surface area contributed by atoms with E-state index >= 15 is 0 Å². The number of ketones is 1. The van der Waals surface area contributed by atoms with Gasteiger partial charge in [0.2, 0.25) is 5.91 Å². The van der Waals surface area contributed by atoms with Crippen molar-refractivity contribution >= 4 is 23.3 Å². The molecule has 2 aromatic rings. The highest BCUT2D eigenvalue weighted by molar-refractivity contribution is 6.30. The number of hydrogen-bond acceptors (Lipinski definition) is 2. The molecule has 3 rings (SSSR count). The van der Waals surface area contributed by atoms with E-state index in [1.54, 1.807) is 24.3 Å². The van der Waals surface area contributed by atoms with Crippen LogP contribution in [0, 0.1) is 0 Å². The van der Waals surface area contributed by atoms with Gasteiger partial charge >= 0.3 is 0 Å². The van der Waals surface area contributed by atoms with Crippen LogP contribution in [0.15, 0.2) is 54.6 Å². The van der Waals surface area contributed by atoms with Crippen LogP contribution < -0.4 is 0 Å². The molecule has 1 fully saturated rings. The van der Waals surface area contributed by atoms with Gasteiger partial charge in [-0.05, 0) is 37.0 Å². The summed E-state index contributed by atoms with van der Waals surface area (Å²) in [5, 5.41) is 0.627. The van der Waals surface area contributed by atoms with E-state index in [9.17, 15) is 9.59 Å². The van der Waals surface area contributed by atoms with Crippen molar-refractivity contribution in [1.82, 2.24) is 4.90 Å². The number of piperidine rings is 1. The Hall–Kier alpha value is -2.13. The number of rotatable bonds is 5. The van der Waals surface area contributed by atoms with Crippen molar-refractivity contribution in [3.63, 3.8) is 0 Å². The van der Waals surface area contributed by atoms with Crippen LogP contribution in [-0.2, 0) is 4.79 Å². The summed E-state index contributed by atoms with van der Waals surface area (Å²) in [7, 11) is 0. The van der Waals surface area contributed by atoms with Gasteiger partial charge < -0.3 is 4.90 Å². The average Bonchev–Trinajstić information content (AvgIpc) is 2.67. The van der Waals surface area contributed by atoms with Crippen LogP contribution in [0.4, 0.5) is 0 Å². The first-order valence-electron chi connectivity index (χ1n) is 8.77. The molecular weight excluding hydrogens is 334 g/mol. The predicted molar refractivity (Wildman–Crippen MR) is 100 cm³/mol. The van der Waals surface area contributed by atoms with Crippen LogP contribution in [0.2, 0.25) is 5.02 Å². The number of benzene rings is 2. The highest BCUT2D eigenvalue weighted by Gasteiger charge is 2.29. The van der Waals surface area contributed by atoms with Crippen LogP contribution in [0.1, 0.15) is 47.5 Å². The Balaban J connectivity index is 1.84. The molecule has 1 aliphatic heterocycles. The van der Waals surface area contributed by atoms with E-state index in [2.05, 4.69) is 0 Å². The zero-order chi connectivity index (χ0) is 17.6. The lowest BCUT2D eigenvalue weighted by Crippen LogP contribution is -2.39. The maximum Gasteiger partial charge on any atom is 0.230 e. The van der Waals surface area contributed by atoms with Crippen molar-refractivity contribution in [2.45, 2.75) is 31.6 Å². The number of likely N-dealkylation sites (tertiary alicyclic amines) is 1. The summed E-state index contributed by atoms with van der Waals surface area (Å²) in [5.74, 6) is -0.416. The second-order valence-electron chi connectivity index (χ2n) is 6.48. The molecule has 1 atom stereocenters. The number of halogens is 1. The topological polar surface area (TPSA) is 37.4 Å². The zero-order valence-electron chi connectivity index (χ0n) is 14.2. The predicted octanol–water partition coefficient (Wildman–Crippen LogP) is 4.71. The lowest BCUT2D eigenvalue weighted by molar-refractivity contribution is -0.133. The van der Waals surface area contributed by atoms with Crippen molar-refractivity contribution in [1.29, 1.82) is 0 Å². The van der Waals surface area contributed by atoms with Gasteiger partial charge in [0, 0.05) is 30.1 Å². The second-order valence-corrected chi connectivity index (χ2v) is 6.92. The van der Waals surface area contributed by atoms with Crippen molar-refractivity contribution in [2.75, 3.05) is 13.1 Å². The minimum atomic E-state index is -0.455. The molecule has 1 heterocycles. The molecule has 3 nitrogen and oxygen atoms in total. The summed E-state index contributed by atoms with van der Waals surface area (Å²) >= 11 is 5.98. The summed E-state index contributed by atoms with van der Waals surface area (Å²) in [4.78, 5) is 27.7. The van der Waals surface area contributed by atoms with Gasteiger partial charge in [0.15, 0.2) is 5.78 Å². The van der Waals surface area contributed by atoms with Gasteiger partial charge in [-0.15, -0.1) is 0 Å². The standard InChI is InChI=1S/C21H22ClNO2/c22-18-11-9-16(10-12-18)19(21(25)23-13-5-2-6-14-23)15-20(24)17-7-3-1-4-8-17/h1,3-4,7-12,19H,2,5-6,13-15H2. The molecular formula is C21H22ClNO2. The monoisotopic (exact) mass is 355 g/mol. The van der Waals surface area contributed by atoms with Gasteiger partial charge in [0.25, 0.3) is 0 Å². The largest absolute Gasteiger partial charge is 0.342 e. The van der Waals surface area contributed by atoms with Gasteiger partial charge in [-0.1, -0.05) is 54.1 Å². The molecule has 0 aromatic heterocycles. The SMILES string of the molecule is O=C(CC(C(=O)N1CCCCC1)c1ccc(Cl)cc1)c1ccccc1. The number of carbonyl (C=O) groups excluding carboxylic acids is 2. The van der Waals surface area contributed by atoms with E-state index in [1.165, 1.54) is 6.42 Å². The summed E-state index contributed by atoms with van der Waals surface area (Å²) in [6.07, 6.45) is 3.41. The number of amides is 1. The third-order valence-corrected chi connectivity index (χ3v) is 4.98. The first-order valence-corrected chi connectivity index (χ1v) is 9.15. The highest BCUT2D eigenvalue weighted by Crippen LogP contribution is 2.27. The summed E-state index contributed by atoms with van der Waals surface area (Å²) in [6, 6.07) is 16.4. The summed E-state index contributed by atoms with van der Waals surface area (Å²) in [5.41, 5.74) is 1.50. The number of nitrogens with zero attached hydrogens (tertiary/aromatic N) is 1. The van der Waals surface area contributed by atoms with E-state index in [0.29, 0.717) is 10.6 Å². The van der Waals surface area contributed by atoms with Crippen LogP contribution >= 0.6 is 11.6 Å². The molecule has 0 N–H and O–H groups in total. The smallest absolute Gasteiger partial charge is 0.230 e. The molecule has 0 bridgehead atoms. The fraction of sp³-hybridized carbons (Fsp3) is 0.333. The zero-order valence-corrected chi connectivity index (χ0v) is 14.9. The lowest BCUT2D eigenvalue weighted by Gasteiger charge is -2.30. The van der Waals surface area contributed by atoms with E-state index in [0.717, 1.165) is 31.5 Å². The average molecular weight is 356 g/mol. The summed E-state index contributed by atoms with van der Waals surface area (Å²) < 4.78 is 0. The Morgan fingerprint density at radius 3 is 2.20 bits per heavy atom. The van der Waals surface area contributed by atoms with Crippen LogP contribution in [0.3, 0.4) is 0 Å². The molecule has 0 aliphatic carbocycles. The van der Waals surface area contributed by atoms with E-state index in [-0.39, 0.29) is 18.1 Å². The van der Waals surface area contributed by atoms with Gasteiger partial charge in [0.05, 0.1) is 5.92 Å². The third-order valence-electron chi connectivity index (χ3n) is 4.72. The minimum absolute atomic E-state index is 0.00842. The normalized spacial score (nSPS) is 15.6. The quantitative estimate of drug-likeness (QED) is 0.728. The number of hydrogen-bond donors (Lipinski definition) is 0. The fourth-order valence-electron chi connectivity index (χ4n) is 3.30. The minimum Gasteiger partial charge on any atom is -0.342 e. The molecule has 1 unspecified atom stereocenters. The Labute approximate surface area is 153 Å². The molecule has 0 radical (unpaired) electrons. The Morgan fingerprint density at radius 1 is 0.920 bits per heavy atom. The van der Waals surface area contributed by atoms with Crippen LogP contribution in [0.5, 0.6) is 0 Å². The molecule has 1 saturated heterocycles. The lowest BCUT2D eigenvalue weighted by atomic mass is 9.89. The molecule has 2 aromatic carbocycles. The Bertz CT molecular complexity index is 721. The second kappa shape index (κ2) is 8.30. The number of carbonyl (C=O) groups is 2. The first-order chi connectivity index (χ1) is 12.1.